The van der Waals surface area contributed by atoms with Gasteiger partial charge in [0.25, 0.3) is 10.1 Å². The Bertz CT molecular complexity index is 1690. The molecule has 0 radical (unpaired) electrons. The van der Waals surface area contributed by atoms with Crippen LogP contribution in [0.4, 0.5) is 5.95 Å². The van der Waals surface area contributed by atoms with E-state index in [-0.39, 0.29) is 29.6 Å². The van der Waals surface area contributed by atoms with Crippen LogP contribution < -0.4 is 11.4 Å². The first-order valence-electron chi connectivity index (χ1n) is 10.3. The van der Waals surface area contributed by atoms with E-state index in [1.807, 2.05) is 13.0 Å². The number of hydrogen-bond acceptors (Lipinski definition) is 9. The summed E-state index contributed by atoms with van der Waals surface area (Å²) in [4.78, 5) is 26.1. The number of benzene rings is 1. The third kappa shape index (κ3) is 3.60. The van der Waals surface area contributed by atoms with Crippen molar-refractivity contribution in [2.24, 2.45) is 7.05 Å². The molecule has 0 aliphatic heterocycles. The molecule has 174 valence electrons. The molecule has 0 saturated heterocycles. The van der Waals surface area contributed by atoms with E-state index in [0.717, 1.165) is 5.56 Å². The van der Waals surface area contributed by atoms with Crippen LogP contribution in [-0.4, -0.2) is 48.7 Å². The van der Waals surface area contributed by atoms with Crippen molar-refractivity contribution in [2.45, 2.75) is 18.4 Å². The van der Waals surface area contributed by atoms with Crippen molar-refractivity contribution in [3.63, 3.8) is 0 Å². The van der Waals surface area contributed by atoms with Gasteiger partial charge in [0.05, 0.1) is 18.0 Å². The zero-order valence-electron chi connectivity index (χ0n) is 18.3. The molecule has 0 aliphatic rings. The Balaban J connectivity index is 1.51. The van der Waals surface area contributed by atoms with E-state index < -0.39 is 15.8 Å². The number of hydrogen-bond donors (Lipinski definition) is 1. The largest absolute Gasteiger partial charge is 0.368 e. The van der Waals surface area contributed by atoms with E-state index in [2.05, 4.69) is 20.1 Å². The second-order valence-electron chi connectivity index (χ2n) is 7.61. The molecule has 2 N–H and O–H groups in total. The van der Waals surface area contributed by atoms with Crippen LogP contribution in [-0.2, 0) is 27.9 Å². The minimum atomic E-state index is -3.98. The smallest absolute Gasteiger partial charge is 0.330 e. The molecule has 4 aromatic heterocycles. The molecule has 0 atom stereocenters. The van der Waals surface area contributed by atoms with E-state index in [9.17, 15) is 13.2 Å². The Morgan fingerprint density at radius 3 is 2.53 bits per heavy atom. The maximum absolute atomic E-state index is 13.0. The number of nitrogen functional groups attached to an aromatic ring is 1. The van der Waals surface area contributed by atoms with E-state index in [4.69, 9.17) is 9.92 Å². The number of nitrogens with two attached hydrogens (primary N) is 1. The molecule has 34 heavy (non-hydrogen) atoms. The lowest BCUT2D eigenvalue weighted by atomic mass is 10.2. The van der Waals surface area contributed by atoms with Crippen LogP contribution in [0.25, 0.3) is 28.3 Å². The summed E-state index contributed by atoms with van der Waals surface area (Å²) < 4.78 is 34.1. The maximum atomic E-state index is 13.0. The van der Waals surface area contributed by atoms with Crippen LogP contribution in [0.2, 0.25) is 0 Å². The maximum Gasteiger partial charge on any atom is 0.330 e. The lowest BCUT2D eigenvalue weighted by molar-refractivity contribution is 0.300. The number of nitrogens with zero attached hydrogens (tertiary/aromatic N) is 7. The van der Waals surface area contributed by atoms with Crippen molar-refractivity contribution in [2.75, 3.05) is 12.3 Å². The van der Waals surface area contributed by atoms with Gasteiger partial charge in [-0.3, -0.25) is 18.3 Å². The van der Waals surface area contributed by atoms with Crippen molar-refractivity contribution < 1.29 is 12.6 Å². The number of imidazole rings is 1. The summed E-state index contributed by atoms with van der Waals surface area (Å²) in [6.45, 7) is 1.52. The summed E-state index contributed by atoms with van der Waals surface area (Å²) in [6, 6.07) is 11.6. The molecule has 0 aliphatic carbocycles. The van der Waals surface area contributed by atoms with Crippen molar-refractivity contribution >= 4 is 32.9 Å². The number of pyridine rings is 1. The second kappa shape index (κ2) is 8.04. The van der Waals surface area contributed by atoms with Crippen LogP contribution in [0, 0.1) is 6.92 Å². The van der Waals surface area contributed by atoms with Crippen LogP contribution in [0.15, 0.2) is 58.4 Å². The minimum absolute atomic E-state index is 0.0183. The zero-order valence-corrected chi connectivity index (χ0v) is 19.1. The van der Waals surface area contributed by atoms with Gasteiger partial charge < -0.3 is 5.73 Å². The fourth-order valence-electron chi connectivity index (χ4n) is 3.61. The number of fused-ring (bicyclic) bond motifs is 3. The molecular weight excluding hydrogens is 460 g/mol. The number of rotatable bonds is 6. The third-order valence-corrected chi connectivity index (χ3v) is 6.66. The highest BCUT2D eigenvalue weighted by molar-refractivity contribution is 7.86. The quantitative estimate of drug-likeness (QED) is 0.353. The van der Waals surface area contributed by atoms with Crippen LogP contribution in [0.1, 0.15) is 5.56 Å². The summed E-state index contributed by atoms with van der Waals surface area (Å²) in [5.74, 6) is 0.346. The van der Waals surface area contributed by atoms with Gasteiger partial charge in [0.1, 0.15) is 11.2 Å². The standard InChI is InChI=1S/C21H20N8O4S/c1-13-6-8-14(9-7-13)34(31,32)33-12-11-28-18-16(27(2)21(28)30)19-24-17(15-5-3-4-10-23-15)26-29(19)20(22)25-18/h3-10H,11-12H2,1-2H3,(H2,22,25). The lowest BCUT2D eigenvalue weighted by Crippen LogP contribution is -2.25. The molecule has 0 saturated carbocycles. The molecule has 0 fully saturated rings. The molecule has 0 unspecified atom stereocenters. The predicted octanol–water partition coefficient (Wildman–Crippen LogP) is 1.14. The average Bonchev–Trinajstić information content (AvgIpc) is 3.36. The number of anilines is 1. The van der Waals surface area contributed by atoms with Crippen LogP contribution >= 0.6 is 0 Å². The molecule has 12 nitrogen and oxygen atoms in total. The molecular formula is C21H20N8O4S. The Morgan fingerprint density at radius 2 is 1.82 bits per heavy atom. The predicted molar refractivity (Wildman–Crippen MR) is 123 cm³/mol. The van der Waals surface area contributed by atoms with Gasteiger partial charge in [0.15, 0.2) is 11.3 Å². The second-order valence-corrected chi connectivity index (χ2v) is 9.23. The normalized spacial score (nSPS) is 12.1. The van der Waals surface area contributed by atoms with Crippen molar-refractivity contribution in [1.29, 1.82) is 0 Å². The molecule has 5 rings (SSSR count). The van der Waals surface area contributed by atoms with Gasteiger partial charge in [0, 0.05) is 13.2 Å². The molecule has 0 spiro atoms. The van der Waals surface area contributed by atoms with E-state index in [0.29, 0.717) is 22.7 Å². The van der Waals surface area contributed by atoms with E-state index in [1.54, 1.807) is 37.5 Å². The summed E-state index contributed by atoms with van der Waals surface area (Å²) in [7, 11) is -2.41. The van der Waals surface area contributed by atoms with Crippen LogP contribution in [0.3, 0.4) is 0 Å². The van der Waals surface area contributed by atoms with Gasteiger partial charge in [-0.2, -0.15) is 17.9 Å². The molecule has 0 amide bonds. The SMILES string of the molecule is Cc1ccc(S(=O)(=O)OCCn2c(=O)n(C)c3c2nc(N)n2nc(-c4ccccn4)nc32)cc1. The van der Waals surface area contributed by atoms with Crippen molar-refractivity contribution in [3.05, 3.63) is 64.7 Å². The summed E-state index contributed by atoms with van der Waals surface area (Å²) in [5, 5.41) is 4.37. The van der Waals surface area contributed by atoms with Gasteiger partial charge >= 0.3 is 5.69 Å². The van der Waals surface area contributed by atoms with Crippen LogP contribution in [0.5, 0.6) is 0 Å². The van der Waals surface area contributed by atoms with Crippen molar-refractivity contribution in [1.82, 2.24) is 33.7 Å². The molecule has 0 bridgehead atoms. The summed E-state index contributed by atoms with van der Waals surface area (Å²) in [6.07, 6.45) is 1.62. The first kappa shape index (κ1) is 21.7. The fraction of sp³-hybridized carbons (Fsp3) is 0.190. The van der Waals surface area contributed by atoms with Gasteiger partial charge in [-0.25, -0.2) is 9.78 Å². The Morgan fingerprint density at radius 1 is 1.06 bits per heavy atom. The molecule has 13 heteroatoms. The molecule has 1 aromatic carbocycles. The highest BCUT2D eigenvalue weighted by atomic mass is 32.2. The van der Waals surface area contributed by atoms with E-state index >= 15 is 0 Å². The summed E-state index contributed by atoms with van der Waals surface area (Å²) in [5.41, 5.74) is 8.12. The lowest BCUT2D eigenvalue weighted by Gasteiger charge is -2.07. The highest BCUT2D eigenvalue weighted by Gasteiger charge is 2.22. The van der Waals surface area contributed by atoms with Gasteiger partial charge in [-0.15, -0.1) is 5.10 Å². The fourth-order valence-corrected chi connectivity index (χ4v) is 4.51. The zero-order chi connectivity index (χ0) is 24.0. The first-order chi connectivity index (χ1) is 16.3. The minimum Gasteiger partial charge on any atom is -0.368 e. The Labute approximate surface area is 193 Å². The van der Waals surface area contributed by atoms with Gasteiger partial charge in [0.2, 0.25) is 11.8 Å². The summed E-state index contributed by atoms with van der Waals surface area (Å²) >= 11 is 0. The van der Waals surface area contributed by atoms with Gasteiger partial charge in [-0.1, -0.05) is 23.8 Å². The van der Waals surface area contributed by atoms with Gasteiger partial charge in [-0.05, 0) is 31.2 Å². The topological polar surface area (TPSA) is 152 Å². The molecule has 5 aromatic rings. The Kier molecular flexibility index (Phi) is 5.14. The number of aromatic nitrogens is 7. The van der Waals surface area contributed by atoms with Crippen molar-refractivity contribution in [3.8, 4) is 11.5 Å². The number of aryl methyl sites for hydroxylation is 2. The third-order valence-electron chi connectivity index (χ3n) is 5.33. The van der Waals surface area contributed by atoms with E-state index in [1.165, 1.54) is 25.8 Å². The molecule has 4 heterocycles. The first-order valence-corrected chi connectivity index (χ1v) is 11.7. The Hall–Kier alpha value is -4.10. The highest BCUT2D eigenvalue weighted by Crippen LogP contribution is 2.22. The monoisotopic (exact) mass is 480 g/mol. The average molecular weight is 481 g/mol.